The highest BCUT2D eigenvalue weighted by atomic mass is 16.1. The average Bonchev–Trinajstić information content (AvgIpc) is 2.23. The zero-order chi connectivity index (χ0) is 9.97. The monoisotopic (exact) mass is 190 g/mol. The molecule has 2 heteroatoms. The van der Waals surface area contributed by atoms with Gasteiger partial charge in [-0.1, -0.05) is 19.3 Å². The van der Waals surface area contributed by atoms with Gasteiger partial charge in [-0.3, -0.25) is 9.59 Å². The summed E-state index contributed by atoms with van der Waals surface area (Å²) in [6, 6.07) is 0. The van der Waals surface area contributed by atoms with Crippen LogP contribution in [0.2, 0.25) is 0 Å². The summed E-state index contributed by atoms with van der Waals surface area (Å²) in [7, 11) is 0. The van der Waals surface area contributed by atoms with Gasteiger partial charge in [-0.05, 0) is 37.0 Å². The number of allylic oxidation sites excluding steroid dienone is 4. The van der Waals surface area contributed by atoms with Gasteiger partial charge in [0.25, 0.3) is 0 Å². The second-order valence-corrected chi connectivity index (χ2v) is 4.03. The molecule has 2 aliphatic rings. The fourth-order valence-corrected chi connectivity index (χ4v) is 2.26. The van der Waals surface area contributed by atoms with Gasteiger partial charge < -0.3 is 0 Å². The fraction of sp³-hybridized carbons (Fsp3) is 0.500. The molecule has 2 rings (SSSR count). The van der Waals surface area contributed by atoms with Crippen molar-refractivity contribution in [3.8, 4) is 0 Å². The van der Waals surface area contributed by atoms with E-state index in [1.165, 1.54) is 37.5 Å². The summed E-state index contributed by atoms with van der Waals surface area (Å²) in [6.07, 6.45) is 10.1. The number of carbonyl (C=O) groups is 2. The first-order valence-corrected chi connectivity index (χ1v) is 5.25. The molecule has 2 aliphatic carbocycles. The van der Waals surface area contributed by atoms with Crippen LogP contribution in [0.1, 0.15) is 32.1 Å². The summed E-state index contributed by atoms with van der Waals surface area (Å²) in [4.78, 5) is 22.7. The zero-order valence-corrected chi connectivity index (χ0v) is 8.16. The van der Waals surface area contributed by atoms with E-state index in [0.29, 0.717) is 5.92 Å². The molecule has 0 aromatic rings. The minimum atomic E-state index is -0.0369. The third-order valence-corrected chi connectivity index (χ3v) is 3.03. The lowest BCUT2D eigenvalue weighted by molar-refractivity contribution is -0.115. The summed E-state index contributed by atoms with van der Waals surface area (Å²) in [5.41, 5.74) is 0.747. The van der Waals surface area contributed by atoms with Crippen molar-refractivity contribution in [3.05, 3.63) is 23.8 Å². The molecule has 0 unspecified atom stereocenters. The Morgan fingerprint density at radius 1 is 1.00 bits per heavy atom. The Balaban J connectivity index is 2.15. The smallest absolute Gasteiger partial charge is 0.182 e. The van der Waals surface area contributed by atoms with Crippen LogP contribution >= 0.6 is 0 Å². The van der Waals surface area contributed by atoms with E-state index in [0.717, 1.165) is 18.4 Å². The van der Waals surface area contributed by atoms with Gasteiger partial charge in [0.05, 0.1) is 0 Å². The van der Waals surface area contributed by atoms with Gasteiger partial charge in [0.15, 0.2) is 11.6 Å². The molecule has 0 atom stereocenters. The molecule has 74 valence electrons. The molecule has 0 amide bonds. The zero-order valence-electron chi connectivity index (χ0n) is 8.16. The molecule has 0 aliphatic heterocycles. The topological polar surface area (TPSA) is 34.1 Å². The van der Waals surface area contributed by atoms with Crippen molar-refractivity contribution in [2.24, 2.45) is 5.92 Å². The Bertz CT molecular complexity index is 317. The molecule has 0 spiro atoms. The van der Waals surface area contributed by atoms with E-state index in [-0.39, 0.29) is 11.6 Å². The second kappa shape index (κ2) is 3.91. The lowest BCUT2D eigenvalue weighted by Crippen LogP contribution is -2.18. The van der Waals surface area contributed by atoms with Crippen molar-refractivity contribution in [3.63, 3.8) is 0 Å². The maximum atomic E-state index is 11.5. The standard InChI is InChI=1S/C12H14O2/c13-10-6-7-12(14)11(8-10)9-4-2-1-3-5-9/h6-9H,1-5H2. The molecule has 0 saturated heterocycles. The molecular weight excluding hydrogens is 176 g/mol. The molecule has 1 saturated carbocycles. The van der Waals surface area contributed by atoms with Crippen molar-refractivity contribution in [2.45, 2.75) is 32.1 Å². The summed E-state index contributed by atoms with van der Waals surface area (Å²) < 4.78 is 0. The maximum Gasteiger partial charge on any atom is 0.182 e. The number of hydrogen-bond donors (Lipinski definition) is 0. The van der Waals surface area contributed by atoms with Crippen LogP contribution in [0.4, 0.5) is 0 Å². The first kappa shape index (κ1) is 9.38. The molecule has 0 bridgehead atoms. The van der Waals surface area contributed by atoms with Gasteiger partial charge in [0, 0.05) is 5.57 Å². The van der Waals surface area contributed by atoms with E-state index < -0.39 is 0 Å². The van der Waals surface area contributed by atoms with E-state index in [9.17, 15) is 9.59 Å². The fourth-order valence-electron chi connectivity index (χ4n) is 2.26. The van der Waals surface area contributed by atoms with Gasteiger partial charge in [0.2, 0.25) is 0 Å². The molecule has 0 radical (unpaired) electrons. The van der Waals surface area contributed by atoms with Crippen LogP contribution in [0.3, 0.4) is 0 Å². The largest absolute Gasteiger partial charge is 0.290 e. The van der Waals surface area contributed by atoms with E-state index in [4.69, 9.17) is 0 Å². The number of ketones is 2. The molecule has 0 heterocycles. The Kier molecular flexibility index (Phi) is 2.62. The molecule has 1 fully saturated rings. The Morgan fingerprint density at radius 2 is 1.71 bits per heavy atom. The quantitative estimate of drug-likeness (QED) is 0.594. The predicted molar refractivity (Wildman–Crippen MR) is 53.8 cm³/mol. The van der Waals surface area contributed by atoms with E-state index in [1.807, 2.05) is 0 Å². The van der Waals surface area contributed by atoms with Crippen molar-refractivity contribution in [1.29, 1.82) is 0 Å². The SMILES string of the molecule is O=C1C=CC(=O)C(C2CCCCC2)=C1. The Labute approximate surface area is 83.7 Å². The number of rotatable bonds is 1. The lowest BCUT2D eigenvalue weighted by Gasteiger charge is -2.23. The first-order valence-electron chi connectivity index (χ1n) is 5.25. The van der Waals surface area contributed by atoms with Crippen LogP contribution in [-0.2, 0) is 9.59 Å². The third kappa shape index (κ3) is 1.84. The summed E-state index contributed by atoms with van der Waals surface area (Å²) in [5, 5.41) is 0. The van der Waals surface area contributed by atoms with E-state index in [1.54, 1.807) is 0 Å². The number of hydrogen-bond acceptors (Lipinski definition) is 2. The first-order chi connectivity index (χ1) is 6.77. The molecule has 0 N–H and O–H groups in total. The molecule has 0 aromatic heterocycles. The lowest BCUT2D eigenvalue weighted by atomic mass is 9.80. The predicted octanol–water partition coefficient (Wildman–Crippen LogP) is 2.20. The summed E-state index contributed by atoms with van der Waals surface area (Å²) >= 11 is 0. The van der Waals surface area contributed by atoms with Crippen LogP contribution in [-0.4, -0.2) is 11.6 Å². The normalized spacial score (nSPS) is 23.9. The number of carbonyl (C=O) groups excluding carboxylic acids is 2. The van der Waals surface area contributed by atoms with Gasteiger partial charge in [-0.2, -0.15) is 0 Å². The van der Waals surface area contributed by atoms with Crippen LogP contribution in [0, 0.1) is 5.92 Å². The van der Waals surface area contributed by atoms with Crippen molar-refractivity contribution in [1.82, 2.24) is 0 Å². The minimum Gasteiger partial charge on any atom is -0.290 e. The molecule has 0 aromatic carbocycles. The Morgan fingerprint density at radius 3 is 2.43 bits per heavy atom. The van der Waals surface area contributed by atoms with Crippen LogP contribution in [0.25, 0.3) is 0 Å². The third-order valence-electron chi connectivity index (χ3n) is 3.03. The summed E-state index contributed by atoms with van der Waals surface area (Å²) in [6.45, 7) is 0. The van der Waals surface area contributed by atoms with E-state index in [2.05, 4.69) is 0 Å². The highest BCUT2D eigenvalue weighted by Crippen LogP contribution is 2.31. The summed E-state index contributed by atoms with van der Waals surface area (Å²) in [5.74, 6) is 0.340. The average molecular weight is 190 g/mol. The molecule has 14 heavy (non-hydrogen) atoms. The van der Waals surface area contributed by atoms with Gasteiger partial charge in [-0.15, -0.1) is 0 Å². The Hall–Kier alpha value is -1.18. The van der Waals surface area contributed by atoms with Gasteiger partial charge in [-0.25, -0.2) is 0 Å². The van der Waals surface area contributed by atoms with Crippen molar-refractivity contribution >= 4 is 11.6 Å². The highest BCUT2D eigenvalue weighted by Gasteiger charge is 2.24. The van der Waals surface area contributed by atoms with Crippen LogP contribution in [0.15, 0.2) is 23.8 Å². The van der Waals surface area contributed by atoms with Gasteiger partial charge >= 0.3 is 0 Å². The van der Waals surface area contributed by atoms with Gasteiger partial charge in [0.1, 0.15) is 0 Å². The van der Waals surface area contributed by atoms with Crippen LogP contribution < -0.4 is 0 Å². The molecular formula is C12H14O2. The van der Waals surface area contributed by atoms with E-state index >= 15 is 0 Å². The molecule has 2 nitrogen and oxygen atoms in total. The van der Waals surface area contributed by atoms with Crippen molar-refractivity contribution in [2.75, 3.05) is 0 Å². The highest BCUT2D eigenvalue weighted by molar-refractivity contribution is 6.17. The maximum absolute atomic E-state index is 11.5. The minimum absolute atomic E-state index is 0.0369. The van der Waals surface area contributed by atoms with Crippen molar-refractivity contribution < 1.29 is 9.59 Å². The second-order valence-electron chi connectivity index (χ2n) is 4.03. The van der Waals surface area contributed by atoms with Crippen LogP contribution in [0.5, 0.6) is 0 Å².